The highest BCUT2D eigenvalue weighted by Gasteiger charge is 2.28. The van der Waals surface area contributed by atoms with Gasteiger partial charge in [0, 0.05) is 20.2 Å². The van der Waals surface area contributed by atoms with E-state index in [1.165, 1.54) is 4.31 Å². The van der Waals surface area contributed by atoms with E-state index in [4.69, 9.17) is 9.88 Å². The average Bonchev–Trinajstić information content (AvgIpc) is 2.32. The molecule has 1 aliphatic rings. The van der Waals surface area contributed by atoms with Crippen LogP contribution in [0.5, 0.6) is 0 Å². The number of nitrogens with two attached hydrogens (primary N) is 1. The Hall–Kier alpha value is -0.170. The van der Waals surface area contributed by atoms with E-state index >= 15 is 0 Å². The molecule has 0 amide bonds. The van der Waals surface area contributed by atoms with Gasteiger partial charge in [-0.05, 0) is 6.42 Å². The number of methoxy groups -OCH3 is 1. The van der Waals surface area contributed by atoms with Crippen molar-refractivity contribution in [1.82, 2.24) is 4.31 Å². The Balaban J connectivity index is 2.55. The van der Waals surface area contributed by atoms with Crippen LogP contribution in [0.15, 0.2) is 0 Å². The van der Waals surface area contributed by atoms with Gasteiger partial charge in [-0.1, -0.05) is 0 Å². The van der Waals surface area contributed by atoms with Gasteiger partial charge in [-0.25, -0.2) is 5.14 Å². The molecule has 1 fully saturated rings. The van der Waals surface area contributed by atoms with Crippen molar-refractivity contribution in [2.45, 2.75) is 12.5 Å². The Morgan fingerprint density at radius 2 is 2.27 bits per heavy atom. The predicted molar refractivity (Wildman–Crippen MR) is 40.1 cm³/mol. The highest BCUT2D eigenvalue weighted by molar-refractivity contribution is 7.86. The minimum atomic E-state index is -3.49. The first-order chi connectivity index (χ1) is 5.04. The zero-order valence-corrected chi connectivity index (χ0v) is 7.17. The molecule has 0 bridgehead atoms. The fourth-order valence-electron chi connectivity index (χ4n) is 1.12. The number of hydrogen-bond acceptors (Lipinski definition) is 3. The molecule has 0 spiro atoms. The van der Waals surface area contributed by atoms with Crippen molar-refractivity contribution < 1.29 is 13.2 Å². The summed E-state index contributed by atoms with van der Waals surface area (Å²) in [5.41, 5.74) is 0. The Morgan fingerprint density at radius 1 is 1.64 bits per heavy atom. The van der Waals surface area contributed by atoms with Gasteiger partial charge in [0.05, 0.1) is 6.10 Å². The molecule has 1 atom stereocenters. The second-order valence-corrected chi connectivity index (χ2v) is 4.10. The number of rotatable bonds is 2. The number of nitrogens with zero attached hydrogens (tertiary/aromatic N) is 1. The summed E-state index contributed by atoms with van der Waals surface area (Å²) in [6.07, 6.45) is 0.737. The summed E-state index contributed by atoms with van der Waals surface area (Å²) in [7, 11) is -1.93. The molecule has 66 valence electrons. The smallest absolute Gasteiger partial charge is 0.276 e. The summed E-state index contributed by atoms with van der Waals surface area (Å²) < 4.78 is 27.7. The van der Waals surface area contributed by atoms with Gasteiger partial charge in [0.15, 0.2) is 0 Å². The fraction of sp³-hybridized carbons (Fsp3) is 1.00. The van der Waals surface area contributed by atoms with Crippen LogP contribution in [0, 0.1) is 0 Å². The van der Waals surface area contributed by atoms with E-state index in [1.807, 2.05) is 0 Å². The highest BCUT2D eigenvalue weighted by Crippen LogP contribution is 2.13. The molecule has 0 saturated carbocycles. The lowest BCUT2D eigenvalue weighted by Gasteiger charge is -2.11. The minimum Gasteiger partial charge on any atom is -0.380 e. The highest BCUT2D eigenvalue weighted by atomic mass is 32.2. The first kappa shape index (κ1) is 8.92. The van der Waals surface area contributed by atoms with Crippen LogP contribution in [0.1, 0.15) is 6.42 Å². The van der Waals surface area contributed by atoms with Gasteiger partial charge in [0.2, 0.25) is 0 Å². The van der Waals surface area contributed by atoms with Crippen LogP contribution in [0.4, 0.5) is 0 Å². The lowest BCUT2D eigenvalue weighted by atomic mass is 10.3. The average molecular weight is 180 g/mol. The lowest BCUT2D eigenvalue weighted by molar-refractivity contribution is 0.115. The summed E-state index contributed by atoms with van der Waals surface area (Å²) in [4.78, 5) is 0. The maximum atomic E-state index is 10.7. The van der Waals surface area contributed by atoms with E-state index in [2.05, 4.69) is 0 Å². The lowest BCUT2D eigenvalue weighted by Crippen LogP contribution is -2.35. The van der Waals surface area contributed by atoms with Crippen LogP contribution in [-0.2, 0) is 14.9 Å². The van der Waals surface area contributed by atoms with Gasteiger partial charge in [-0.2, -0.15) is 12.7 Å². The van der Waals surface area contributed by atoms with Gasteiger partial charge in [-0.15, -0.1) is 0 Å². The zero-order valence-electron chi connectivity index (χ0n) is 6.36. The van der Waals surface area contributed by atoms with Gasteiger partial charge in [0.1, 0.15) is 0 Å². The molecule has 1 saturated heterocycles. The van der Waals surface area contributed by atoms with Crippen LogP contribution in [0.2, 0.25) is 0 Å². The Kier molecular flexibility index (Phi) is 2.48. The SMILES string of the molecule is CO[C@@H]1CCN(S(N)(=O)=O)C1. The molecule has 0 aliphatic carbocycles. The maximum Gasteiger partial charge on any atom is 0.276 e. The summed E-state index contributed by atoms with van der Waals surface area (Å²) >= 11 is 0. The van der Waals surface area contributed by atoms with Gasteiger partial charge >= 0.3 is 0 Å². The predicted octanol–water partition coefficient (Wildman–Crippen LogP) is -1.09. The summed E-state index contributed by atoms with van der Waals surface area (Å²) in [6.45, 7) is 0.854. The molecule has 5 nitrogen and oxygen atoms in total. The molecule has 11 heavy (non-hydrogen) atoms. The topological polar surface area (TPSA) is 72.6 Å². The van der Waals surface area contributed by atoms with E-state index in [1.54, 1.807) is 7.11 Å². The molecule has 0 aromatic rings. The third-order valence-electron chi connectivity index (χ3n) is 1.80. The van der Waals surface area contributed by atoms with Crippen LogP contribution in [0.25, 0.3) is 0 Å². The van der Waals surface area contributed by atoms with Crippen LogP contribution >= 0.6 is 0 Å². The van der Waals surface area contributed by atoms with Gasteiger partial charge in [-0.3, -0.25) is 0 Å². The van der Waals surface area contributed by atoms with Gasteiger partial charge in [0.25, 0.3) is 10.2 Å². The monoisotopic (exact) mass is 180 g/mol. The van der Waals surface area contributed by atoms with Crippen molar-refractivity contribution in [2.75, 3.05) is 20.2 Å². The first-order valence-corrected chi connectivity index (χ1v) is 4.85. The van der Waals surface area contributed by atoms with Crippen LogP contribution in [-0.4, -0.2) is 39.0 Å². The second-order valence-electron chi connectivity index (χ2n) is 2.55. The molecule has 1 heterocycles. The third kappa shape index (κ3) is 2.13. The largest absolute Gasteiger partial charge is 0.380 e. The maximum absolute atomic E-state index is 10.7. The van der Waals surface area contributed by atoms with Crippen LogP contribution in [0.3, 0.4) is 0 Å². The molecule has 1 rings (SSSR count). The van der Waals surface area contributed by atoms with Crippen molar-refractivity contribution in [3.8, 4) is 0 Å². The van der Waals surface area contributed by atoms with E-state index in [-0.39, 0.29) is 6.10 Å². The summed E-state index contributed by atoms with van der Waals surface area (Å²) in [5, 5.41) is 4.90. The van der Waals surface area contributed by atoms with E-state index < -0.39 is 10.2 Å². The molecule has 2 N–H and O–H groups in total. The first-order valence-electron chi connectivity index (χ1n) is 3.34. The third-order valence-corrected chi connectivity index (χ3v) is 2.85. The van der Waals surface area contributed by atoms with E-state index in [0.717, 1.165) is 6.42 Å². The van der Waals surface area contributed by atoms with Crippen molar-refractivity contribution >= 4 is 10.2 Å². The van der Waals surface area contributed by atoms with Crippen molar-refractivity contribution in [2.24, 2.45) is 5.14 Å². The van der Waals surface area contributed by atoms with Crippen LogP contribution < -0.4 is 5.14 Å². The molecule has 1 aliphatic heterocycles. The minimum absolute atomic E-state index is 0.00771. The zero-order chi connectivity index (χ0) is 8.48. The van der Waals surface area contributed by atoms with Crippen molar-refractivity contribution in [3.05, 3.63) is 0 Å². The molecular formula is C5H12N2O3S. The fourth-order valence-corrected chi connectivity index (χ4v) is 1.86. The molecule has 0 unspecified atom stereocenters. The quantitative estimate of drug-likeness (QED) is 0.587. The number of ether oxygens (including phenoxy) is 1. The number of hydrogen-bond donors (Lipinski definition) is 1. The summed E-state index contributed by atoms with van der Waals surface area (Å²) in [5.74, 6) is 0. The molecular weight excluding hydrogens is 168 g/mol. The standard InChI is InChI=1S/C5H12N2O3S/c1-10-5-2-3-7(4-5)11(6,8)9/h5H,2-4H2,1H3,(H2,6,8,9)/t5-/m1/s1. The normalized spacial score (nSPS) is 27.6. The Morgan fingerprint density at radius 3 is 2.55 bits per heavy atom. The van der Waals surface area contributed by atoms with Crippen molar-refractivity contribution in [3.63, 3.8) is 0 Å². The van der Waals surface area contributed by atoms with E-state index in [9.17, 15) is 8.42 Å². The second kappa shape index (κ2) is 3.06. The Labute approximate surface area is 66.3 Å². The molecule has 0 aromatic heterocycles. The van der Waals surface area contributed by atoms with Gasteiger partial charge < -0.3 is 4.74 Å². The molecule has 0 radical (unpaired) electrons. The van der Waals surface area contributed by atoms with E-state index in [0.29, 0.717) is 13.1 Å². The molecule has 0 aromatic carbocycles. The Bertz CT molecular complexity index is 226. The molecule has 6 heteroatoms. The van der Waals surface area contributed by atoms with Crippen molar-refractivity contribution in [1.29, 1.82) is 0 Å². The summed E-state index contributed by atoms with van der Waals surface area (Å²) in [6, 6.07) is 0.